The van der Waals surface area contributed by atoms with Gasteiger partial charge in [-0.2, -0.15) is 0 Å². The van der Waals surface area contributed by atoms with Gasteiger partial charge in [-0.1, -0.05) is 121 Å². The highest BCUT2D eigenvalue weighted by Crippen LogP contribution is 2.32. The van der Waals surface area contributed by atoms with Crippen molar-refractivity contribution in [2.24, 2.45) is 10.8 Å². The van der Waals surface area contributed by atoms with Gasteiger partial charge in [0.25, 0.3) is 0 Å². The molecular weight excluding hydrogens is 800 g/mol. The number of hydrogen-bond donors (Lipinski definition) is 1. The van der Waals surface area contributed by atoms with E-state index in [1.165, 1.54) is 0 Å². The van der Waals surface area contributed by atoms with Gasteiger partial charge in [-0.3, -0.25) is 9.59 Å². The van der Waals surface area contributed by atoms with Crippen LogP contribution in [0.15, 0.2) is 123 Å². The van der Waals surface area contributed by atoms with Crippen LogP contribution in [0.2, 0.25) is 0 Å². The Kier molecular flexibility index (Phi) is 12.1. The normalized spacial score (nSPS) is 11.3. The Morgan fingerprint density at radius 2 is 0.812 bits per heavy atom. The van der Waals surface area contributed by atoms with Crippen LogP contribution in [0.3, 0.4) is 0 Å². The monoisotopic (exact) mass is 834 g/mol. The molecule has 248 valence electrons. The first-order valence-electron chi connectivity index (χ1n) is 15.2. The highest BCUT2D eigenvalue weighted by Gasteiger charge is 2.25. The first-order chi connectivity index (χ1) is 22.5. The molecule has 6 rings (SSSR count). The summed E-state index contributed by atoms with van der Waals surface area (Å²) in [5.74, 6) is 0.968. The summed E-state index contributed by atoms with van der Waals surface area (Å²) in [5, 5.41) is 15.7. The van der Waals surface area contributed by atoms with Crippen LogP contribution in [0.4, 0.5) is 0 Å². The molecule has 0 saturated carbocycles. The molecule has 6 aromatic carbocycles. The SMILES string of the molecule is CC(C)(C)C(=O)Oc1cc(Br)c2ccccc2c1.CC(C)(C)C(=O)Oc1cc(Br)c2ccccc2c1.Oc1cc(Br)c2ccccc2c1. The molecule has 0 bridgehead atoms. The van der Waals surface area contributed by atoms with Crippen LogP contribution < -0.4 is 9.47 Å². The molecule has 0 aliphatic heterocycles. The second-order valence-electron chi connectivity index (χ2n) is 13.2. The average Bonchev–Trinajstić information content (AvgIpc) is 3.01. The molecule has 0 unspecified atom stereocenters. The van der Waals surface area contributed by atoms with E-state index in [2.05, 4.69) is 47.8 Å². The van der Waals surface area contributed by atoms with Gasteiger partial charge in [0.1, 0.15) is 17.2 Å². The number of rotatable bonds is 2. The third-order valence-corrected chi connectivity index (χ3v) is 8.98. The molecule has 5 nitrogen and oxygen atoms in total. The molecule has 0 atom stereocenters. The molecule has 0 fully saturated rings. The molecule has 0 spiro atoms. The summed E-state index contributed by atoms with van der Waals surface area (Å²) in [6.45, 7) is 11.0. The number of esters is 2. The maximum atomic E-state index is 11.8. The number of halogens is 3. The lowest BCUT2D eigenvalue weighted by Crippen LogP contribution is -2.25. The maximum Gasteiger partial charge on any atom is 0.316 e. The number of benzene rings is 6. The van der Waals surface area contributed by atoms with Crippen LogP contribution >= 0.6 is 47.8 Å². The average molecular weight is 837 g/mol. The minimum atomic E-state index is -0.502. The lowest BCUT2D eigenvalue weighted by molar-refractivity contribution is -0.143. The lowest BCUT2D eigenvalue weighted by atomic mass is 9.97. The van der Waals surface area contributed by atoms with Gasteiger partial charge in [-0.25, -0.2) is 0 Å². The number of carbonyl (C=O) groups excluding carboxylic acids is 2. The predicted molar refractivity (Wildman–Crippen MR) is 207 cm³/mol. The second-order valence-corrected chi connectivity index (χ2v) is 15.7. The van der Waals surface area contributed by atoms with Crippen molar-refractivity contribution in [2.45, 2.75) is 41.5 Å². The topological polar surface area (TPSA) is 72.8 Å². The van der Waals surface area contributed by atoms with Crippen molar-refractivity contribution in [3.8, 4) is 17.2 Å². The molecule has 0 radical (unpaired) electrons. The third-order valence-electron chi connectivity index (χ3n) is 7.01. The summed E-state index contributed by atoms with van der Waals surface area (Å²) in [7, 11) is 0. The van der Waals surface area contributed by atoms with Gasteiger partial charge in [0.2, 0.25) is 0 Å². The van der Waals surface area contributed by atoms with Crippen molar-refractivity contribution in [1.82, 2.24) is 0 Å². The highest BCUT2D eigenvalue weighted by atomic mass is 79.9. The van der Waals surface area contributed by atoms with Gasteiger partial charge in [0, 0.05) is 13.4 Å². The molecule has 48 heavy (non-hydrogen) atoms. The van der Waals surface area contributed by atoms with Crippen LogP contribution in [-0.2, 0) is 9.59 Å². The van der Waals surface area contributed by atoms with Crippen molar-refractivity contribution in [2.75, 3.05) is 0 Å². The van der Waals surface area contributed by atoms with Crippen LogP contribution in [0.25, 0.3) is 32.3 Å². The zero-order valence-corrected chi connectivity index (χ0v) is 32.4. The summed E-state index contributed by atoms with van der Waals surface area (Å²) in [6, 6.07) is 34.7. The largest absolute Gasteiger partial charge is 0.508 e. The zero-order chi connectivity index (χ0) is 35.2. The minimum absolute atomic E-state index is 0.232. The van der Waals surface area contributed by atoms with Crippen LogP contribution in [0, 0.1) is 10.8 Å². The quantitative estimate of drug-likeness (QED) is 0.139. The Bertz CT molecular complexity index is 1980. The fraction of sp³-hybridized carbons (Fsp3) is 0.200. The van der Waals surface area contributed by atoms with Crippen LogP contribution in [0.1, 0.15) is 41.5 Å². The molecule has 0 heterocycles. The number of phenolic OH excluding ortho intramolecular Hbond substituents is 1. The van der Waals surface area contributed by atoms with E-state index >= 15 is 0 Å². The van der Waals surface area contributed by atoms with Crippen LogP contribution in [-0.4, -0.2) is 17.0 Å². The van der Waals surface area contributed by atoms with E-state index in [1.807, 2.05) is 139 Å². The Morgan fingerprint density at radius 1 is 0.500 bits per heavy atom. The maximum absolute atomic E-state index is 11.8. The van der Waals surface area contributed by atoms with Crippen molar-refractivity contribution in [3.63, 3.8) is 0 Å². The number of ether oxygens (including phenoxy) is 2. The van der Waals surface area contributed by atoms with Gasteiger partial charge in [-0.15, -0.1) is 0 Å². The summed E-state index contributed by atoms with van der Waals surface area (Å²) < 4.78 is 13.6. The van der Waals surface area contributed by atoms with E-state index in [9.17, 15) is 14.7 Å². The number of phenols is 1. The standard InChI is InChI=1S/2C15H15BrO2.C10H7BrO/c2*1-15(2,3)14(17)18-11-8-10-6-4-5-7-12(10)13(16)9-11;11-10-6-8(12)5-7-3-1-2-4-9(7)10/h2*4-9H,1-3H3;1-6,12H. The number of aromatic hydroxyl groups is 1. The van der Waals surface area contributed by atoms with Crippen molar-refractivity contribution < 1.29 is 24.2 Å². The van der Waals surface area contributed by atoms with E-state index in [4.69, 9.17) is 9.47 Å². The smallest absolute Gasteiger partial charge is 0.316 e. The first-order valence-corrected chi connectivity index (χ1v) is 17.6. The van der Waals surface area contributed by atoms with Crippen LogP contribution in [0.5, 0.6) is 17.2 Å². The first kappa shape index (κ1) is 37.1. The Labute approximate surface area is 306 Å². The molecule has 0 aliphatic carbocycles. The van der Waals surface area contributed by atoms with Gasteiger partial charge < -0.3 is 14.6 Å². The van der Waals surface area contributed by atoms with E-state index < -0.39 is 10.8 Å². The lowest BCUT2D eigenvalue weighted by Gasteiger charge is -2.16. The fourth-order valence-corrected chi connectivity index (χ4v) is 6.13. The fourth-order valence-electron chi connectivity index (χ4n) is 4.36. The molecule has 8 heteroatoms. The molecule has 6 aromatic rings. The molecule has 0 saturated heterocycles. The Balaban J connectivity index is 0.000000166. The van der Waals surface area contributed by atoms with Crippen molar-refractivity contribution in [1.29, 1.82) is 0 Å². The van der Waals surface area contributed by atoms with E-state index in [0.29, 0.717) is 17.2 Å². The zero-order valence-electron chi connectivity index (χ0n) is 27.6. The summed E-state index contributed by atoms with van der Waals surface area (Å²) in [6.07, 6.45) is 0. The Morgan fingerprint density at radius 3 is 1.17 bits per heavy atom. The highest BCUT2D eigenvalue weighted by molar-refractivity contribution is 9.11. The van der Waals surface area contributed by atoms with Gasteiger partial charge >= 0.3 is 11.9 Å². The van der Waals surface area contributed by atoms with Gasteiger partial charge in [0.05, 0.1) is 10.8 Å². The molecule has 0 aromatic heterocycles. The second kappa shape index (κ2) is 15.7. The minimum Gasteiger partial charge on any atom is -0.508 e. The number of fused-ring (bicyclic) bond motifs is 3. The van der Waals surface area contributed by atoms with Gasteiger partial charge in [0.15, 0.2) is 0 Å². The summed E-state index contributed by atoms with van der Waals surface area (Å²) in [5.41, 5.74) is -1.00. The summed E-state index contributed by atoms with van der Waals surface area (Å²) >= 11 is 10.4. The van der Waals surface area contributed by atoms with Gasteiger partial charge in [-0.05, 0) is 110 Å². The number of hydrogen-bond acceptors (Lipinski definition) is 5. The molecule has 1 N–H and O–H groups in total. The molecule has 0 amide bonds. The number of carbonyl (C=O) groups is 2. The molecular formula is C40H37Br3O5. The van der Waals surface area contributed by atoms with Crippen molar-refractivity contribution >= 4 is 92.0 Å². The molecule has 0 aliphatic rings. The predicted octanol–water partition coefficient (Wildman–Crippen LogP) is 12.4. The van der Waals surface area contributed by atoms with Crippen molar-refractivity contribution in [3.05, 3.63) is 123 Å². The van der Waals surface area contributed by atoms with E-state index in [1.54, 1.807) is 12.1 Å². The van der Waals surface area contributed by atoms with E-state index in [-0.39, 0.29) is 11.9 Å². The van der Waals surface area contributed by atoms with E-state index in [0.717, 1.165) is 45.7 Å². The summed E-state index contributed by atoms with van der Waals surface area (Å²) in [4.78, 5) is 23.7. The Hall–Kier alpha value is -3.72. The third kappa shape index (κ3) is 9.91.